The first-order valence-corrected chi connectivity index (χ1v) is 9.28. The first-order valence-electron chi connectivity index (χ1n) is 8.29. The molecule has 132 valence electrons. The Morgan fingerprint density at radius 1 is 1.32 bits per heavy atom. The largest absolute Gasteiger partial charge is 0.342 e. The maximum Gasteiger partial charge on any atom is 0.251 e. The predicted molar refractivity (Wildman–Crippen MR) is 95.6 cm³/mol. The second kappa shape index (κ2) is 7.77. The van der Waals surface area contributed by atoms with E-state index < -0.39 is 0 Å². The number of aromatic nitrogens is 4. The molecule has 3 heterocycles. The number of piperidine rings is 1. The lowest BCUT2D eigenvalue weighted by molar-refractivity contribution is -0.129. The summed E-state index contributed by atoms with van der Waals surface area (Å²) in [5.74, 6) is 1.31. The van der Waals surface area contributed by atoms with Crippen LogP contribution in [0.3, 0.4) is 0 Å². The zero-order chi connectivity index (χ0) is 17.8. The van der Waals surface area contributed by atoms with Gasteiger partial charge >= 0.3 is 0 Å². The lowest BCUT2D eigenvalue weighted by Gasteiger charge is -2.31. The lowest BCUT2D eigenvalue weighted by atomic mass is 9.93. The monoisotopic (exact) mass is 359 g/mol. The lowest BCUT2D eigenvalue weighted by Crippen LogP contribution is -2.39. The molecule has 8 heteroatoms. The molecule has 0 aromatic carbocycles. The van der Waals surface area contributed by atoms with Gasteiger partial charge in [0.2, 0.25) is 5.91 Å². The van der Waals surface area contributed by atoms with Crippen molar-refractivity contribution in [1.82, 2.24) is 24.8 Å². The van der Waals surface area contributed by atoms with Gasteiger partial charge in [-0.15, -0.1) is 0 Å². The summed E-state index contributed by atoms with van der Waals surface area (Å²) in [6.07, 6.45) is 3.36. The zero-order valence-electron chi connectivity index (χ0n) is 14.4. The van der Waals surface area contributed by atoms with Gasteiger partial charge in [0.05, 0.1) is 11.4 Å². The number of thioether (sulfide) groups is 1. The molecule has 7 nitrogen and oxygen atoms in total. The Labute approximate surface area is 150 Å². The summed E-state index contributed by atoms with van der Waals surface area (Å²) in [6, 6.07) is 3.40. The minimum absolute atomic E-state index is 0.101. The number of nitrogens with zero attached hydrogens (tertiary/aromatic N) is 4. The molecule has 3 rings (SSSR count). The van der Waals surface area contributed by atoms with E-state index in [-0.39, 0.29) is 17.4 Å². The van der Waals surface area contributed by atoms with Crippen molar-refractivity contribution in [3.8, 4) is 0 Å². The van der Waals surface area contributed by atoms with Gasteiger partial charge in [0.25, 0.3) is 5.56 Å². The second-order valence-corrected chi connectivity index (χ2v) is 7.12. The molecule has 0 bridgehead atoms. The number of aryl methyl sites for hydroxylation is 2. The Bertz CT molecular complexity index is 815. The minimum Gasteiger partial charge on any atom is -0.342 e. The highest BCUT2D eigenvalue weighted by Crippen LogP contribution is 2.26. The van der Waals surface area contributed by atoms with Crippen molar-refractivity contribution in [2.45, 2.75) is 37.8 Å². The number of hydrogen-bond donors (Lipinski definition) is 1. The van der Waals surface area contributed by atoms with Crippen molar-refractivity contribution in [3.63, 3.8) is 0 Å². The maximum absolute atomic E-state index is 12.4. The fourth-order valence-corrected chi connectivity index (χ4v) is 3.73. The zero-order valence-corrected chi connectivity index (χ0v) is 15.2. The fourth-order valence-electron chi connectivity index (χ4n) is 2.95. The summed E-state index contributed by atoms with van der Waals surface area (Å²) < 4.78 is 0. The van der Waals surface area contributed by atoms with Crippen molar-refractivity contribution < 1.29 is 4.79 Å². The number of likely N-dealkylation sites (tertiary alicyclic amines) is 1. The van der Waals surface area contributed by atoms with Crippen molar-refractivity contribution >= 4 is 17.7 Å². The second-order valence-electron chi connectivity index (χ2n) is 6.18. The van der Waals surface area contributed by atoms with E-state index in [9.17, 15) is 9.59 Å². The smallest absolute Gasteiger partial charge is 0.251 e. The Morgan fingerprint density at radius 2 is 2.08 bits per heavy atom. The van der Waals surface area contributed by atoms with Gasteiger partial charge in [-0.3, -0.25) is 9.59 Å². The van der Waals surface area contributed by atoms with Crippen LogP contribution in [0.4, 0.5) is 0 Å². The van der Waals surface area contributed by atoms with E-state index in [1.807, 2.05) is 17.9 Å². The highest BCUT2D eigenvalue weighted by Gasteiger charge is 2.25. The Balaban J connectivity index is 1.53. The SMILES string of the molecule is Cc1ccnc(SCC(=O)N2CCC(c3cc(=O)[nH]c(C)n3)CC2)n1. The van der Waals surface area contributed by atoms with Gasteiger partial charge in [0, 0.05) is 37.0 Å². The van der Waals surface area contributed by atoms with Gasteiger partial charge in [-0.25, -0.2) is 15.0 Å². The number of amides is 1. The molecule has 25 heavy (non-hydrogen) atoms. The molecular weight excluding hydrogens is 338 g/mol. The quantitative estimate of drug-likeness (QED) is 0.659. The summed E-state index contributed by atoms with van der Waals surface area (Å²) in [5.41, 5.74) is 1.61. The van der Waals surface area contributed by atoms with Crippen LogP contribution in [0.2, 0.25) is 0 Å². The Kier molecular flexibility index (Phi) is 5.47. The standard InChI is InChI=1S/C17H21N5O2S/c1-11-3-6-18-17(19-11)25-10-16(24)22-7-4-13(5-8-22)14-9-15(23)21-12(2)20-14/h3,6,9,13H,4-5,7-8,10H2,1-2H3,(H,20,21,23). The van der Waals surface area contributed by atoms with E-state index in [0.29, 0.717) is 29.8 Å². The first-order chi connectivity index (χ1) is 12.0. The summed E-state index contributed by atoms with van der Waals surface area (Å²) in [7, 11) is 0. The molecule has 2 aromatic heterocycles. The molecule has 0 radical (unpaired) electrons. The van der Waals surface area contributed by atoms with Crippen LogP contribution < -0.4 is 5.56 Å². The molecule has 0 unspecified atom stereocenters. The van der Waals surface area contributed by atoms with Crippen LogP contribution in [0.1, 0.15) is 36.0 Å². The third-order valence-electron chi connectivity index (χ3n) is 4.24. The molecule has 0 saturated carbocycles. The van der Waals surface area contributed by atoms with Gasteiger partial charge in [-0.05, 0) is 32.8 Å². The van der Waals surface area contributed by atoms with Gasteiger partial charge in [0.15, 0.2) is 5.16 Å². The van der Waals surface area contributed by atoms with E-state index in [1.54, 1.807) is 19.2 Å². The number of carbonyl (C=O) groups is 1. The van der Waals surface area contributed by atoms with Crippen LogP contribution in [0, 0.1) is 13.8 Å². The molecule has 1 fully saturated rings. The average molecular weight is 359 g/mol. The van der Waals surface area contributed by atoms with Crippen LogP contribution in [0.15, 0.2) is 28.3 Å². The van der Waals surface area contributed by atoms with Crippen LogP contribution in [-0.4, -0.2) is 49.6 Å². The van der Waals surface area contributed by atoms with E-state index in [0.717, 1.165) is 24.2 Å². The molecule has 0 atom stereocenters. The molecule has 1 aliphatic heterocycles. The minimum atomic E-state index is -0.115. The number of carbonyl (C=O) groups excluding carboxylic acids is 1. The number of rotatable bonds is 4. The van der Waals surface area contributed by atoms with E-state index >= 15 is 0 Å². The number of H-pyrrole nitrogens is 1. The predicted octanol–water partition coefficient (Wildman–Crippen LogP) is 1.68. The van der Waals surface area contributed by atoms with E-state index in [2.05, 4.69) is 19.9 Å². The van der Waals surface area contributed by atoms with E-state index in [1.165, 1.54) is 11.8 Å². The molecule has 0 spiro atoms. The number of hydrogen-bond acceptors (Lipinski definition) is 6. The Hall–Kier alpha value is -2.22. The van der Waals surface area contributed by atoms with Crippen molar-refractivity contribution in [3.05, 3.63) is 45.9 Å². The van der Waals surface area contributed by atoms with Crippen LogP contribution in [-0.2, 0) is 4.79 Å². The normalized spacial score (nSPS) is 15.4. The molecule has 1 saturated heterocycles. The van der Waals surface area contributed by atoms with Crippen molar-refractivity contribution in [2.24, 2.45) is 0 Å². The topological polar surface area (TPSA) is 91.8 Å². The molecule has 1 N–H and O–H groups in total. The van der Waals surface area contributed by atoms with Gasteiger partial charge in [-0.2, -0.15) is 0 Å². The molecule has 1 aliphatic rings. The summed E-state index contributed by atoms with van der Waals surface area (Å²) in [4.78, 5) is 41.4. The third-order valence-corrected chi connectivity index (χ3v) is 5.09. The summed E-state index contributed by atoms with van der Waals surface area (Å²) in [5, 5.41) is 0.631. The van der Waals surface area contributed by atoms with Crippen LogP contribution >= 0.6 is 11.8 Å². The first kappa shape index (κ1) is 17.6. The average Bonchev–Trinajstić information content (AvgIpc) is 2.59. The molecule has 0 aliphatic carbocycles. The van der Waals surface area contributed by atoms with Gasteiger partial charge in [-0.1, -0.05) is 11.8 Å². The highest BCUT2D eigenvalue weighted by atomic mass is 32.2. The fraction of sp³-hybridized carbons (Fsp3) is 0.471. The van der Waals surface area contributed by atoms with Gasteiger partial charge < -0.3 is 9.88 Å². The summed E-state index contributed by atoms with van der Waals surface area (Å²) in [6.45, 7) is 5.06. The maximum atomic E-state index is 12.4. The summed E-state index contributed by atoms with van der Waals surface area (Å²) >= 11 is 1.37. The molecular formula is C17H21N5O2S. The number of aromatic amines is 1. The van der Waals surface area contributed by atoms with Crippen molar-refractivity contribution in [2.75, 3.05) is 18.8 Å². The van der Waals surface area contributed by atoms with Crippen molar-refractivity contribution in [1.29, 1.82) is 0 Å². The van der Waals surface area contributed by atoms with E-state index in [4.69, 9.17) is 0 Å². The molecule has 2 aromatic rings. The Morgan fingerprint density at radius 3 is 2.76 bits per heavy atom. The van der Waals surface area contributed by atoms with Crippen LogP contribution in [0.5, 0.6) is 0 Å². The highest BCUT2D eigenvalue weighted by molar-refractivity contribution is 7.99. The van der Waals surface area contributed by atoms with Crippen LogP contribution in [0.25, 0.3) is 0 Å². The van der Waals surface area contributed by atoms with Gasteiger partial charge in [0.1, 0.15) is 5.82 Å². The number of nitrogens with one attached hydrogen (secondary N) is 1. The molecule has 1 amide bonds. The third kappa shape index (κ3) is 4.66.